The fourth-order valence-corrected chi connectivity index (χ4v) is 8.86. The summed E-state index contributed by atoms with van der Waals surface area (Å²) in [6.07, 6.45) is 4.71. The quantitative estimate of drug-likeness (QED) is 0.505. The van der Waals surface area contributed by atoms with E-state index in [1.165, 1.54) is 25.8 Å². The van der Waals surface area contributed by atoms with E-state index in [0.29, 0.717) is 0 Å². The maximum absolute atomic E-state index is 2.35. The average Bonchev–Trinajstić information content (AvgIpc) is 3.08. The molecule has 0 nitrogen and oxygen atoms in total. The molecule has 98 valence electrons. The smallest absolute Gasteiger partial charge is 0.0270 e. The standard InChI is InChI=1S/C17H12S3/c1-3-7-13(8-4-1)16-11-15-12-17(19-20(15)18-16)14-9-5-2-6-10-14/h1-12H. The molecular weight excluding hydrogens is 300 g/mol. The fraction of sp³-hybridized carbons (Fsp3) is 0. The highest BCUT2D eigenvalue weighted by atomic mass is 33.5. The summed E-state index contributed by atoms with van der Waals surface area (Å²) in [5, 5.41) is 0. The first-order valence-electron chi connectivity index (χ1n) is 6.42. The Balaban J connectivity index is 1.62. The molecule has 0 saturated heterocycles. The van der Waals surface area contributed by atoms with Gasteiger partial charge in [-0.2, -0.15) is 0 Å². The van der Waals surface area contributed by atoms with E-state index in [2.05, 4.69) is 72.8 Å². The lowest BCUT2D eigenvalue weighted by Gasteiger charge is -2.06. The van der Waals surface area contributed by atoms with Crippen LogP contribution in [-0.2, 0) is 0 Å². The number of benzene rings is 2. The van der Waals surface area contributed by atoms with Crippen LogP contribution < -0.4 is 0 Å². The zero-order valence-electron chi connectivity index (χ0n) is 10.7. The third-order valence-corrected chi connectivity index (χ3v) is 9.54. The summed E-state index contributed by atoms with van der Waals surface area (Å²) >= 11 is 0. The molecule has 0 atom stereocenters. The summed E-state index contributed by atoms with van der Waals surface area (Å²) in [5.41, 5.74) is 2.67. The summed E-state index contributed by atoms with van der Waals surface area (Å²) in [5.74, 6) is 0. The molecule has 0 radical (unpaired) electrons. The van der Waals surface area contributed by atoms with Crippen LogP contribution in [0.4, 0.5) is 0 Å². The lowest BCUT2D eigenvalue weighted by atomic mass is 10.1. The van der Waals surface area contributed by atoms with Crippen molar-refractivity contribution in [1.82, 2.24) is 0 Å². The lowest BCUT2D eigenvalue weighted by Crippen LogP contribution is -1.82. The maximum Gasteiger partial charge on any atom is 0.0270 e. The predicted molar refractivity (Wildman–Crippen MR) is 96.6 cm³/mol. The Hall–Kier alpha value is -1.16. The van der Waals surface area contributed by atoms with E-state index in [4.69, 9.17) is 0 Å². The summed E-state index contributed by atoms with van der Waals surface area (Å²) in [7, 11) is 4.23. The van der Waals surface area contributed by atoms with Crippen LogP contribution >= 0.6 is 30.1 Å². The van der Waals surface area contributed by atoms with E-state index in [0.717, 1.165) is 0 Å². The first-order chi connectivity index (χ1) is 9.90. The van der Waals surface area contributed by atoms with Gasteiger partial charge in [0.25, 0.3) is 0 Å². The van der Waals surface area contributed by atoms with Gasteiger partial charge in [-0.1, -0.05) is 90.8 Å². The van der Waals surface area contributed by atoms with E-state index in [-0.39, 0.29) is 8.55 Å². The number of rotatable bonds is 2. The first kappa shape index (κ1) is 12.6. The normalized spacial score (nSPS) is 17.9. The predicted octanol–water partition coefficient (Wildman–Crippen LogP) is 5.83. The highest BCUT2D eigenvalue weighted by Gasteiger charge is 2.23. The van der Waals surface area contributed by atoms with Crippen LogP contribution in [0, 0.1) is 0 Å². The molecule has 20 heavy (non-hydrogen) atoms. The second-order valence-electron chi connectivity index (χ2n) is 4.55. The molecular formula is C17H12S3. The van der Waals surface area contributed by atoms with Gasteiger partial charge in [-0.05, 0) is 23.3 Å². The van der Waals surface area contributed by atoms with Crippen molar-refractivity contribution in [3.8, 4) is 0 Å². The van der Waals surface area contributed by atoms with Crippen molar-refractivity contribution in [1.29, 1.82) is 0 Å². The number of allylic oxidation sites excluding steroid dienone is 2. The number of hydrogen-bond donors (Lipinski definition) is 0. The largest absolute Gasteiger partial charge is 0.0622 e. The van der Waals surface area contributed by atoms with Gasteiger partial charge in [0, 0.05) is 14.7 Å². The van der Waals surface area contributed by atoms with Crippen LogP contribution in [0.2, 0.25) is 0 Å². The third-order valence-electron chi connectivity index (χ3n) is 3.19. The first-order valence-corrected chi connectivity index (χ1v) is 10.3. The van der Waals surface area contributed by atoms with E-state index in [1.807, 2.05) is 21.6 Å². The molecule has 0 spiro atoms. The Bertz CT molecular complexity index is 677. The second kappa shape index (κ2) is 5.32. The molecule has 2 aliphatic rings. The minimum Gasteiger partial charge on any atom is -0.0622 e. The molecule has 0 saturated carbocycles. The molecule has 0 aromatic heterocycles. The van der Waals surface area contributed by atoms with Crippen molar-refractivity contribution in [3.05, 3.63) is 83.9 Å². The van der Waals surface area contributed by atoms with Gasteiger partial charge in [-0.15, -0.1) is 0 Å². The van der Waals surface area contributed by atoms with Gasteiger partial charge in [-0.25, -0.2) is 0 Å². The highest BCUT2D eigenvalue weighted by Crippen LogP contribution is 2.63. The summed E-state index contributed by atoms with van der Waals surface area (Å²) in [4.78, 5) is 4.28. The molecule has 4 rings (SSSR count). The Kier molecular flexibility index (Phi) is 3.34. The molecule has 3 heteroatoms. The Morgan fingerprint density at radius 3 is 1.45 bits per heavy atom. The minimum absolute atomic E-state index is 0.236. The zero-order chi connectivity index (χ0) is 13.4. The minimum atomic E-state index is 0.236. The molecule has 2 heterocycles. The van der Waals surface area contributed by atoms with Gasteiger partial charge in [0.2, 0.25) is 0 Å². The van der Waals surface area contributed by atoms with Crippen LogP contribution in [0.15, 0.2) is 72.8 Å². The van der Waals surface area contributed by atoms with Crippen LogP contribution in [0.1, 0.15) is 11.1 Å². The third kappa shape index (κ3) is 2.30. The molecule has 2 aromatic rings. The van der Waals surface area contributed by atoms with Gasteiger partial charge >= 0.3 is 0 Å². The summed E-state index contributed by atoms with van der Waals surface area (Å²) in [6, 6.07) is 21.3. The Morgan fingerprint density at radius 1 is 0.600 bits per heavy atom. The highest BCUT2D eigenvalue weighted by molar-refractivity contribution is 9.19. The van der Waals surface area contributed by atoms with Gasteiger partial charge < -0.3 is 0 Å². The lowest BCUT2D eigenvalue weighted by molar-refractivity contribution is 1.65. The van der Waals surface area contributed by atoms with Crippen molar-refractivity contribution >= 4 is 44.8 Å². The van der Waals surface area contributed by atoms with Gasteiger partial charge in [-0.3, -0.25) is 0 Å². The Labute approximate surface area is 128 Å². The zero-order valence-corrected chi connectivity index (χ0v) is 13.1. The van der Waals surface area contributed by atoms with E-state index >= 15 is 0 Å². The number of hydrogen-bond acceptors (Lipinski definition) is 2. The van der Waals surface area contributed by atoms with E-state index < -0.39 is 0 Å². The van der Waals surface area contributed by atoms with Crippen molar-refractivity contribution in [2.45, 2.75) is 0 Å². The van der Waals surface area contributed by atoms with Gasteiger partial charge in [0.1, 0.15) is 0 Å². The molecule has 2 aliphatic heterocycles. The molecule has 0 N–H and O–H groups in total. The van der Waals surface area contributed by atoms with Gasteiger partial charge in [0.05, 0.1) is 0 Å². The maximum atomic E-state index is 2.35. The van der Waals surface area contributed by atoms with Crippen LogP contribution in [0.25, 0.3) is 9.81 Å². The SMILES string of the molecule is C1=C(c2ccccc2)SS2=C1C=C(c1ccccc1)S2. The van der Waals surface area contributed by atoms with E-state index in [9.17, 15) is 0 Å². The molecule has 2 aromatic carbocycles. The summed E-state index contributed by atoms with van der Waals surface area (Å²) in [6.45, 7) is 0. The van der Waals surface area contributed by atoms with Crippen LogP contribution in [-0.4, -0.2) is 4.86 Å². The van der Waals surface area contributed by atoms with Crippen molar-refractivity contribution in [2.24, 2.45) is 0 Å². The van der Waals surface area contributed by atoms with Crippen molar-refractivity contribution in [3.63, 3.8) is 0 Å². The summed E-state index contributed by atoms with van der Waals surface area (Å²) < 4.78 is 0. The monoisotopic (exact) mass is 312 g/mol. The van der Waals surface area contributed by atoms with Crippen molar-refractivity contribution in [2.75, 3.05) is 0 Å². The Morgan fingerprint density at radius 2 is 1.05 bits per heavy atom. The molecule has 0 bridgehead atoms. The van der Waals surface area contributed by atoms with Gasteiger partial charge in [0.15, 0.2) is 0 Å². The van der Waals surface area contributed by atoms with Crippen molar-refractivity contribution < 1.29 is 0 Å². The topological polar surface area (TPSA) is 0 Å². The van der Waals surface area contributed by atoms with E-state index in [1.54, 1.807) is 0 Å². The molecule has 0 aliphatic carbocycles. The second-order valence-corrected chi connectivity index (χ2v) is 10.3. The van der Waals surface area contributed by atoms with Crippen LogP contribution in [0.3, 0.4) is 0 Å². The molecule has 0 amide bonds. The fourth-order valence-electron chi connectivity index (χ4n) is 2.19. The average molecular weight is 312 g/mol. The molecule has 0 fully saturated rings. The van der Waals surface area contributed by atoms with Crippen LogP contribution in [0.5, 0.6) is 0 Å². The molecule has 0 unspecified atom stereocenters.